The van der Waals surface area contributed by atoms with Crippen LogP contribution in [0.5, 0.6) is 0 Å². The smallest absolute Gasteiger partial charge is 0.344 e. The fourth-order valence-electron chi connectivity index (χ4n) is 3.34. The summed E-state index contributed by atoms with van der Waals surface area (Å²) in [6.07, 6.45) is 1.56. The molecule has 8 nitrogen and oxygen atoms in total. The van der Waals surface area contributed by atoms with Crippen LogP contribution in [0.3, 0.4) is 0 Å². The number of benzene rings is 2. The molecule has 1 aliphatic rings. The predicted octanol–water partition coefficient (Wildman–Crippen LogP) is 3.24. The van der Waals surface area contributed by atoms with Gasteiger partial charge in [-0.3, -0.25) is 14.9 Å². The minimum absolute atomic E-state index is 0.0639. The molecule has 0 aromatic heterocycles. The molecule has 2 aromatic rings. The van der Waals surface area contributed by atoms with E-state index < -0.39 is 10.9 Å². The number of hydrogen-bond acceptors (Lipinski definition) is 6. The molecule has 0 aliphatic carbocycles. The molecule has 0 spiro atoms. The molecular formula is C20H21N3O5. The van der Waals surface area contributed by atoms with Gasteiger partial charge in [-0.1, -0.05) is 18.2 Å². The second-order valence-electron chi connectivity index (χ2n) is 6.59. The number of rotatable bonds is 5. The zero-order valence-corrected chi connectivity index (χ0v) is 15.5. The summed E-state index contributed by atoms with van der Waals surface area (Å²) in [7, 11) is 1.18. The Kier molecular flexibility index (Phi) is 5.88. The van der Waals surface area contributed by atoms with Crippen molar-refractivity contribution in [3.05, 3.63) is 64.2 Å². The normalized spacial score (nSPS) is 16.3. The first kappa shape index (κ1) is 19.3. The molecule has 1 unspecified atom stereocenters. The van der Waals surface area contributed by atoms with E-state index in [1.807, 2.05) is 35.2 Å². The van der Waals surface area contributed by atoms with Gasteiger partial charge >= 0.3 is 5.97 Å². The highest BCUT2D eigenvalue weighted by molar-refractivity contribution is 5.95. The molecule has 2 aromatic carbocycles. The number of ether oxygens (including phenoxy) is 1. The fourth-order valence-corrected chi connectivity index (χ4v) is 3.34. The Morgan fingerprint density at radius 1 is 1.21 bits per heavy atom. The van der Waals surface area contributed by atoms with Crippen LogP contribution < -0.4 is 10.2 Å². The molecule has 8 heteroatoms. The number of nitrogens with zero attached hydrogens (tertiary/aromatic N) is 2. The first-order valence-electron chi connectivity index (χ1n) is 8.97. The zero-order valence-electron chi connectivity index (χ0n) is 15.5. The van der Waals surface area contributed by atoms with Gasteiger partial charge in [0.1, 0.15) is 5.56 Å². The van der Waals surface area contributed by atoms with Gasteiger partial charge in [0.15, 0.2) is 0 Å². The minimum Gasteiger partial charge on any atom is -0.465 e. The zero-order chi connectivity index (χ0) is 20.1. The number of hydrogen-bond donors (Lipinski definition) is 1. The van der Waals surface area contributed by atoms with Crippen LogP contribution in [0.4, 0.5) is 17.1 Å². The van der Waals surface area contributed by atoms with E-state index in [2.05, 4.69) is 10.1 Å². The van der Waals surface area contributed by atoms with E-state index >= 15 is 0 Å². The number of piperidine rings is 1. The van der Waals surface area contributed by atoms with Crippen molar-refractivity contribution < 1.29 is 19.2 Å². The van der Waals surface area contributed by atoms with Crippen LogP contribution in [0.15, 0.2) is 48.5 Å². The van der Waals surface area contributed by atoms with Crippen LogP contribution >= 0.6 is 0 Å². The van der Waals surface area contributed by atoms with Gasteiger partial charge in [0.2, 0.25) is 5.91 Å². The van der Waals surface area contributed by atoms with E-state index in [0.717, 1.165) is 18.5 Å². The maximum absolute atomic E-state index is 12.6. The van der Waals surface area contributed by atoms with Crippen LogP contribution in [0.1, 0.15) is 23.2 Å². The largest absolute Gasteiger partial charge is 0.465 e. The van der Waals surface area contributed by atoms with E-state index in [0.29, 0.717) is 18.8 Å². The maximum Gasteiger partial charge on any atom is 0.344 e. The molecule has 1 fully saturated rings. The molecule has 1 amide bonds. The van der Waals surface area contributed by atoms with E-state index in [9.17, 15) is 19.7 Å². The van der Waals surface area contributed by atoms with Gasteiger partial charge in [0.25, 0.3) is 5.69 Å². The van der Waals surface area contributed by atoms with Crippen molar-refractivity contribution in [2.45, 2.75) is 12.8 Å². The third-order valence-corrected chi connectivity index (χ3v) is 4.78. The fraction of sp³-hybridized carbons (Fsp3) is 0.300. The number of carbonyl (C=O) groups is 2. The Balaban J connectivity index is 1.77. The second-order valence-corrected chi connectivity index (χ2v) is 6.59. The number of methoxy groups -OCH3 is 1. The minimum atomic E-state index is -0.760. The molecule has 3 rings (SSSR count). The maximum atomic E-state index is 12.6. The van der Waals surface area contributed by atoms with Crippen molar-refractivity contribution in [2.24, 2.45) is 5.92 Å². The molecule has 28 heavy (non-hydrogen) atoms. The highest BCUT2D eigenvalue weighted by Gasteiger charge is 2.28. The van der Waals surface area contributed by atoms with E-state index in [1.54, 1.807) is 6.07 Å². The monoisotopic (exact) mass is 383 g/mol. The average molecular weight is 383 g/mol. The van der Waals surface area contributed by atoms with E-state index in [4.69, 9.17) is 0 Å². The molecular weight excluding hydrogens is 362 g/mol. The third kappa shape index (κ3) is 4.28. The van der Waals surface area contributed by atoms with E-state index in [-0.39, 0.29) is 23.1 Å². The molecule has 146 valence electrons. The predicted molar refractivity (Wildman–Crippen MR) is 104 cm³/mol. The van der Waals surface area contributed by atoms with Crippen LogP contribution in [0.25, 0.3) is 0 Å². The highest BCUT2D eigenvalue weighted by atomic mass is 16.6. The molecule has 0 radical (unpaired) electrons. The number of carbonyl (C=O) groups excluding carboxylic acids is 2. The van der Waals surface area contributed by atoms with Crippen molar-refractivity contribution in [2.75, 3.05) is 30.4 Å². The lowest BCUT2D eigenvalue weighted by Gasteiger charge is -2.33. The molecule has 1 atom stereocenters. The number of nitrogens with one attached hydrogen (secondary N) is 1. The van der Waals surface area contributed by atoms with Crippen molar-refractivity contribution in [3.63, 3.8) is 0 Å². The Morgan fingerprint density at radius 3 is 2.64 bits per heavy atom. The average Bonchev–Trinajstić information content (AvgIpc) is 2.73. The lowest BCUT2D eigenvalue weighted by Crippen LogP contribution is -2.40. The quantitative estimate of drug-likeness (QED) is 0.483. The Bertz CT molecular complexity index is 885. The molecule has 0 saturated carbocycles. The number of para-hydroxylation sites is 1. The number of nitro groups is 1. The lowest BCUT2D eigenvalue weighted by molar-refractivity contribution is -0.385. The molecule has 0 bridgehead atoms. The molecule has 1 heterocycles. The van der Waals surface area contributed by atoms with Gasteiger partial charge in [-0.25, -0.2) is 4.79 Å². The van der Waals surface area contributed by atoms with Crippen LogP contribution in [-0.2, 0) is 9.53 Å². The van der Waals surface area contributed by atoms with Crippen molar-refractivity contribution in [1.82, 2.24) is 0 Å². The van der Waals surface area contributed by atoms with E-state index in [1.165, 1.54) is 19.2 Å². The van der Waals surface area contributed by atoms with Gasteiger partial charge in [0.05, 0.1) is 18.0 Å². The summed E-state index contributed by atoms with van der Waals surface area (Å²) in [6.45, 7) is 1.17. The van der Waals surface area contributed by atoms with Gasteiger partial charge in [-0.15, -0.1) is 0 Å². The lowest BCUT2D eigenvalue weighted by atomic mass is 9.96. The highest BCUT2D eigenvalue weighted by Crippen LogP contribution is 2.29. The third-order valence-electron chi connectivity index (χ3n) is 4.78. The molecule has 1 saturated heterocycles. The standard InChI is InChI=1S/C20H21N3O5/c1-28-20(25)17-12-16(9-10-18(17)23(26)27)22-11-5-6-14(13-22)19(24)21-15-7-3-2-4-8-15/h2-4,7-10,12,14H,5-6,11,13H2,1H3,(H,21,24). The summed E-state index contributed by atoms with van der Waals surface area (Å²) in [5, 5.41) is 14.1. The van der Waals surface area contributed by atoms with Crippen LogP contribution in [0, 0.1) is 16.0 Å². The Labute approximate surface area is 162 Å². The van der Waals surface area contributed by atoms with Crippen molar-refractivity contribution in [1.29, 1.82) is 0 Å². The molecule has 1 aliphatic heterocycles. The van der Waals surface area contributed by atoms with Gasteiger partial charge < -0.3 is 15.0 Å². The van der Waals surface area contributed by atoms with Crippen LogP contribution in [-0.4, -0.2) is 37.0 Å². The van der Waals surface area contributed by atoms with Crippen LogP contribution in [0.2, 0.25) is 0 Å². The summed E-state index contributed by atoms with van der Waals surface area (Å²) in [6, 6.07) is 13.6. The van der Waals surface area contributed by atoms with Crippen molar-refractivity contribution >= 4 is 28.9 Å². The summed E-state index contributed by atoms with van der Waals surface area (Å²) < 4.78 is 4.67. The SMILES string of the molecule is COC(=O)c1cc(N2CCCC(C(=O)Nc3ccccc3)C2)ccc1[N+](=O)[O-]. The summed E-state index contributed by atoms with van der Waals surface area (Å²) >= 11 is 0. The van der Waals surface area contributed by atoms with Crippen molar-refractivity contribution in [3.8, 4) is 0 Å². The first-order chi connectivity index (χ1) is 13.5. The summed E-state index contributed by atoms with van der Waals surface area (Å²) in [5.74, 6) is -1.04. The summed E-state index contributed by atoms with van der Waals surface area (Å²) in [4.78, 5) is 37.1. The van der Waals surface area contributed by atoms with Gasteiger partial charge in [-0.05, 0) is 37.1 Å². The summed E-state index contributed by atoms with van der Waals surface area (Å²) in [5.41, 5.74) is 1.00. The first-order valence-corrected chi connectivity index (χ1v) is 8.97. The topological polar surface area (TPSA) is 102 Å². The Morgan fingerprint density at radius 2 is 1.96 bits per heavy atom. The number of nitro benzene ring substituents is 1. The van der Waals surface area contributed by atoms with Gasteiger partial charge in [-0.2, -0.15) is 0 Å². The van der Waals surface area contributed by atoms with Gasteiger partial charge in [0, 0.05) is 30.5 Å². The number of amides is 1. The molecule has 1 N–H and O–H groups in total. The Hall–Kier alpha value is -3.42. The second kappa shape index (κ2) is 8.51. The number of esters is 1. The number of anilines is 2.